The van der Waals surface area contributed by atoms with Gasteiger partial charge >= 0.3 is 0 Å². The molecule has 1 aliphatic rings. The van der Waals surface area contributed by atoms with Gasteiger partial charge in [-0.15, -0.1) is 0 Å². The smallest absolute Gasteiger partial charge is 0.287 e. The summed E-state index contributed by atoms with van der Waals surface area (Å²) in [6.07, 6.45) is 6.33. The fraction of sp³-hybridized carbons (Fsp3) is 0.444. The van der Waals surface area contributed by atoms with Crippen LogP contribution in [0.15, 0.2) is 41.3 Å². The zero-order valence-electron chi connectivity index (χ0n) is 13.3. The topological polar surface area (TPSA) is 46.9 Å². The van der Waals surface area contributed by atoms with Crippen LogP contribution in [-0.2, 0) is 6.54 Å². The Morgan fingerprint density at radius 1 is 1.22 bits per heavy atom. The minimum Gasteiger partial charge on any atom is -0.380 e. The number of anilines is 1. The lowest BCUT2D eigenvalue weighted by atomic mass is 9.87. The quantitative estimate of drug-likeness (QED) is 0.923. The van der Waals surface area contributed by atoms with E-state index < -0.39 is 0 Å². The molecule has 0 saturated heterocycles. The first-order chi connectivity index (χ1) is 11.1. The SMILES string of the molecule is CC1CCC(Nc2cnn(Cc3ccccc3)c(=O)c2Cl)CC1. The molecule has 4 nitrogen and oxygen atoms in total. The van der Waals surface area contributed by atoms with E-state index in [4.69, 9.17) is 11.6 Å². The maximum atomic E-state index is 12.4. The molecule has 23 heavy (non-hydrogen) atoms. The molecule has 1 aromatic heterocycles. The number of hydrogen-bond donors (Lipinski definition) is 1. The molecule has 1 saturated carbocycles. The molecule has 0 amide bonds. The highest BCUT2D eigenvalue weighted by molar-refractivity contribution is 6.32. The van der Waals surface area contributed by atoms with Crippen LogP contribution in [0.2, 0.25) is 5.02 Å². The van der Waals surface area contributed by atoms with Gasteiger partial charge in [-0.25, -0.2) is 4.68 Å². The summed E-state index contributed by atoms with van der Waals surface area (Å²) in [6.45, 7) is 2.72. The molecule has 0 radical (unpaired) electrons. The van der Waals surface area contributed by atoms with Gasteiger partial charge in [-0.2, -0.15) is 5.10 Å². The van der Waals surface area contributed by atoms with E-state index in [1.807, 2.05) is 30.3 Å². The first kappa shape index (κ1) is 16.1. The fourth-order valence-electron chi connectivity index (χ4n) is 3.06. The second-order valence-corrected chi connectivity index (χ2v) is 6.80. The van der Waals surface area contributed by atoms with E-state index in [0.717, 1.165) is 24.3 Å². The normalized spacial score (nSPS) is 21.1. The minimum atomic E-state index is -0.246. The summed E-state index contributed by atoms with van der Waals surface area (Å²) in [6, 6.07) is 10.2. The Bertz CT molecular complexity index is 706. The molecule has 2 aromatic rings. The molecule has 1 heterocycles. The molecule has 0 bridgehead atoms. The van der Waals surface area contributed by atoms with Crippen molar-refractivity contribution in [2.75, 3.05) is 5.32 Å². The van der Waals surface area contributed by atoms with Crippen molar-refractivity contribution < 1.29 is 0 Å². The summed E-state index contributed by atoms with van der Waals surface area (Å²) >= 11 is 6.28. The Labute approximate surface area is 141 Å². The van der Waals surface area contributed by atoms with Crippen molar-refractivity contribution in [2.45, 2.75) is 45.2 Å². The number of benzene rings is 1. The molecular weight excluding hydrogens is 310 g/mol. The minimum absolute atomic E-state index is 0.231. The lowest BCUT2D eigenvalue weighted by Gasteiger charge is -2.27. The van der Waals surface area contributed by atoms with Crippen LogP contribution in [0.4, 0.5) is 5.69 Å². The second-order valence-electron chi connectivity index (χ2n) is 6.42. The highest BCUT2D eigenvalue weighted by atomic mass is 35.5. The molecule has 3 rings (SSSR count). The standard InChI is InChI=1S/C18H22ClN3O/c1-13-7-9-15(10-8-13)21-16-11-20-22(18(23)17(16)19)12-14-5-3-2-4-6-14/h2-6,11,13,15,21H,7-10,12H2,1H3. The Kier molecular flexibility index (Phi) is 5.01. The molecule has 5 heteroatoms. The monoisotopic (exact) mass is 331 g/mol. The van der Waals surface area contributed by atoms with Crippen LogP contribution < -0.4 is 10.9 Å². The molecule has 1 N–H and O–H groups in total. The van der Waals surface area contributed by atoms with Gasteiger partial charge in [0.1, 0.15) is 5.02 Å². The zero-order chi connectivity index (χ0) is 16.2. The number of halogens is 1. The molecule has 122 valence electrons. The van der Waals surface area contributed by atoms with Gasteiger partial charge in [0.15, 0.2) is 0 Å². The first-order valence-corrected chi connectivity index (χ1v) is 8.57. The molecule has 1 aromatic carbocycles. The van der Waals surface area contributed by atoms with E-state index in [0.29, 0.717) is 18.3 Å². The zero-order valence-corrected chi connectivity index (χ0v) is 14.1. The third kappa shape index (κ3) is 3.94. The maximum Gasteiger partial charge on any atom is 0.287 e. The van der Waals surface area contributed by atoms with Gasteiger partial charge in [0.2, 0.25) is 0 Å². The molecular formula is C18H22ClN3O. The fourth-order valence-corrected chi connectivity index (χ4v) is 3.26. The Balaban J connectivity index is 1.74. The van der Waals surface area contributed by atoms with Crippen LogP contribution >= 0.6 is 11.6 Å². The van der Waals surface area contributed by atoms with Gasteiger partial charge in [0, 0.05) is 6.04 Å². The lowest BCUT2D eigenvalue weighted by molar-refractivity contribution is 0.361. The van der Waals surface area contributed by atoms with Crippen molar-refractivity contribution in [2.24, 2.45) is 5.92 Å². The summed E-state index contributed by atoms with van der Waals surface area (Å²) < 4.78 is 1.41. The van der Waals surface area contributed by atoms with E-state index >= 15 is 0 Å². The van der Waals surface area contributed by atoms with Crippen LogP contribution in [0.3, 0.4) is 0 Å². The summed E-state index contributed by atoms with van der Waals surface area (Å²) in [5, 5.41) is 7.90. The van der Waals surface area contributed by atoms with Gasteiger partial charge in [-0.05, 0) is 37.2 Å². The van der Waals surface area contributed by atoms with E-state index in [1.54, 1.807) is 6.20 Å². The van der Waals surface area contributed by atoms with E-state index in [1.165, 1.54) is 17.5 Å². The Morgan fingerprint density at radius 2 is 1.91 bits per heavy atom. The van der Waals surface area contributed by atoms with Crippen LogP contribution in [0.5, 0.6) is 0 Å². The highest BCUT2D eigenvalue weighted by Gasteiger charge is 2.19. The summed E-state index contributed by atoms with van der Waals surface area (Å²) in [7, 11) is 0. The average Bonchev–Trinajstić information content (AvgIpc) is 2.57. The van der Waals surface area contributed by atoms with Crippen LogP contribution in [-0.4, -0.2) is 15.8 Å². The first-order valence-electron chi connectivity index (χ1n) is 8.19. The molecule has 1 aliphatic carbocycles. The lowest BCUT2D eigenvalue weighted by Crippen LogP contribution is -2.29. The summed E-state index contributed by atoms with van der Waals surface area (Å²) in [5.74, 6) is 0.792. The van der Waals surface area contributed by atoms with Crippen molar-refractivity contribution in [3.8, 4) is 0 Å². The van der Waals surface area contributed by atoms with Crippen molar-refractivity contribution in [1.29, 1.82) is 0 Å². The molecule has 0 unspecified atom stereocenters. The summed E-state index contributed by atoms with van der Waals surface area (Å²) in [5.41, 5.74) is 1.44. The predicted molar refractivity (Wildman–Crippen MR) is 94.1 cm³/mol. The van der Waals surface area contributed by atoms with Crippen molar-refractivity contribution in [3.05, 3.63) is 57.5 Å². The predicted octanol–water partition coefficient (Wildman–Crippen LogP) is 3.94. The Hall–Kier alpha value is -1.81. The number of rotatable bonds is 4. The molecule has 1 fully saturated rings. The van der Waals surface area contributed by atoms with Crippen molar-refractivity contribution in [3.63, 3.8) is 0 Å². The van der Waals surface area contributed by atoms with Crippen LogP contribution in [0, 0.1) is 5.92 Å². The number of hydrogen-bond acceptors (Lipinski definition) is 3. The molecule has 0 aliphatic heterocycles. The van der Waals surface area contributed by atoms with Gasteiger partial charge < -0.3 is 5.32 Å². The van der Waals surface area contributed by atoms with E-state index in [-0.39, 0.29) is 10.6 Å². The van der Waals surface area contributed by atoms with Crippen LogP contribution in [0.1, 0.15) is 38.2 Å². The van der Waals surface area contributed by atoms with E-state index in [9.17, 15) is 4.79 Å². The highest BCUT2D eigenvalue weighted by Crippen LogP contribution is 2.27. The molecule has 0 atom stereocenters. The number of nitrogens with one attached hydrogen (secondary N) is 1. The van der Waals surface area contributed by atoms with Crippen molar-refractivity contribution in [1.82, 2.24) is 9.78 Å². The number of nitrogens with zero attached hydrogens (tertiary/aromatic N) is 2. The van der Waals surface area contributed by atoms with Crippen LogP contribution in [0.25, 0.3) is 0 Å². The maximum absolute atomic E-state index is 12.4. The van der Waals surface area contributed by atoms with Gasteiger partial charge in [0.05, 0.1) is 18.4 Å². The largest absolute Gasteiger partial charge is 0.380 e. The van der Waals surface area contributed by atoms with Gasteiger partial charge in [-0.3, -0.25) is 4.79 Å². The third-order valence-corrected chi connectivity index (χ3v) is 4.90. The molecule has 0 spiro atoms. The van der Waals surface area contributed by atoms with Gasteiger partial charge in [-0.1, -0.05) is 48.9 Å². The average molecular weight is 332 g/mol. The number of aromatic nitrogens is 2. The Morgan fingerprint density at radius 3 is 2.61 bits per heavy atom. The summed E-state index contributed by atoms with van der Waals surface area (Å²) in [4.78, 5) is 12.4. The third-order valence-electron chi connectivity index (χ3n) is 4.54. The second kappa shape index (κ2) is 7.18. The van der Waals surface area contributed by atoms with Gasteiger partial charge in [0.25, 0.3) is 5.56 Å². The van der Waals surface area contributed by atoms with Crippen molar-refractivity contribution >= 4 is 17.3 Å². The van der Waals surface area contributed by atoms with E-state index in [2.05, 4.69) is 17.3 Å².